The van der Waals surface area contributed by atoms with Gasteiger partial charge in [-0.25, -0.2) is 0 Å². The first kappa shape index (κ1) is 15.8. The molecule has 20 heavy (non-hydrogen) atoms. The largest absolute Gasteiger partial charge is 0.493 e. The molecule has 0 unspecified atom stereocenters. The molecule has 0 heterocycles. The van der Waals surface area contributed by atoms with Gasteiger partial charge in [-0.05, 0) is 23.8 Å². The van der Waals surface area contributed by atoms with Crippen LogP contribution in [-0.4, -0.2) is 25.7 Å². The molecule has 0 fully saturated rings. The van der Waals surface area contributed by atoms with Crippen LogP contribution >= 0.6 is 0 Å². The number of carbonyl (C=O) groups is 2. The highest BCUT2D eigenvalue weighted by atomic mass is 16.6. The van der Waals surface area contributed by atoms with Gasteiger partial charge in [-0.2, -0.15) is 0 Å². The van der Waals surface area contributed by atoms with E-state index in [2.05, 4.69) is 0 Å². The highest BCUT2D eigenvalue weighted by Crippen LogP contribution is 2.28. The second-order valence-corrected chi connectivity index (χ2v) is 3.94. The van der Waals surface area contributed by atoms with Crippen molar-refractivity contribution in [2.24, 2.45) is 0 Å². The van der Waals surface area contributed by atoms with E-state index >= 15 is 0 Å². The predicted octanol–water partition coefficient (Wildman–Crippen LogP) is 2.59. The van der Waals surface area contributed by atoms with Gasteiger partial charge in [0.25, 0.3) is 0 Å². The summed E-state index contributed by atoms with van der Waals surface area (Å²) in [5.41, 5.74) is 0.852. The quantitative estimate of drug-likeness (QED) is 0.591. The molecule has 5 nitrogen and oxygen atoms in total. The first-order chi connectivity index (χ1) is 9.56. The van der Waals surface area contributed by atoms with E-state index in [0.29, 0.717) is 17.9 Å². The number of rotatable bonds is 6. The third-order valence-corrected chi connectivity index (χ3v) is 2.39. The van der Waals surface area contributed by atoms with Crippen LogP contribution in [0.4, 0.5) is 0 Å². The van der Waals surface area contributed by atoms with Crippen molar-refractivity contribution < 1.29 is 23.8 Å². The van der Waals surface area contributed by atoms with E-state index in [0.717, 1.165) is 5.56 Å². The lowest BCUT2D eigenvalue weighted by Gasteiger charge is -2.09. The minimum atomic E-state index is -0.325. The number of hydrogen-bond donors (Lipinski definition) is 0. The summed E-state index contributed by atoms with van der Waals surface area (Å²) in [5.74, 6) is 0.216. The Hall–Kier alpha value is -2.30. The predicted molar refractivity (Wildman–Crippen MR) is 74.6 cm³/mol. The van der Waals surface area contributed by atoms with Crippen LogP contribution in [0.5, 0.6) is 11.5 Å². The van der Waals surface area contributed by atoms with Crippen molar-refractivity contribution in [3.8, 4) is 11.5 Å². The van der Waals surface area contributed by atoms with Crippen LogP contribution in [0.3, 0.4) is 0 Å². The topological polar surface area (TPSA) is 61.8 Å². The lowest BCUT2D eigenvalue weighted by atomic mass is 10.2. The molecule has 0 saturated heterocycles. The van der Waals surface area contributed by atoms with Crippen molar-refractivity contribution in [1.82, 2.24) is 0 Å². The van der Waals surface area contributed by atoms with E-state index < -0.39 is 0 Å². The minimum Gasteiger partial charge on any atom is -0.493 e. The average molecular weight is 278 g/mol. The van der Waals surface area contributed by atoms with Gasteiger partial charge < -0.3 is 14.2 Å². The first-order valence-corrected chi connectivity index (χ1v) is 6.25. The summed E-state index contributed by atoms with van der Waals surface area (Å²) in [4.78, 5) is 21.9. The Balaban J connectivity index is 2.76. The summed E-state index contributed by atoms with van der Waals surface area (Å²) < 4.78 is 15.1. The van der Waals surface area contributed by atoms with E-state index in [4.69, 9.17) is 14.2 Å². The number of carbonyl (C=O) groups excluding carboxylic acids is 2. The van der Waals surface area contributed by atoms with Gasteiger partial charge >= 0.3 is 11.9 Å². The Morgan fingerprint density at radius 2 is 2.00 bits per heavy atom. The minimum absolute atomic E-state index is 0.213. The molecule has 0 aromatic heterocycles. The molecule has 0 aliphatic carbocycles. The Morgan fingerprint density at radius 3 is 2.60 bits per heavy atom. The standard InChI is InChI=1S/C15H18O5/c1-4-15(17)20-13-8-7-12(10-14(13)18-3)6-5-9-19-11(2)16/h5-8,10H,4,9H2,1-3H3/b6-5+. The monoisotopic (exact) mass is 278 g/mol. The second kappa shape index (κ2) is 7.99. The number of benzene rings is 1. The van der Waals surface area contributed by atoms with Crippen LogP contribution in [-0.2, 0) is 14.3 Å². The van der Waals surface area contributed by atoms with E-state index in [-0.39, 0.29) is 18.5 Å². The van der Waals surface area contributed by atoms with Gasteiger partial charge in [0.05, 0.1) is 7.11 Å². The van der Waals surface area contributed by atoms with Crippen LogP contribution in [0.15, 0.2) is 24.3 Å². The van der Waals surface area contributed by atoms with Crippen LogP contribution in [0.25, 0.3) is 6.08 Å². The number of ether oxygens (including phenoxy) is 3. The molecular weight excluding hydrogens is 260 g/mol. The van der Waals surface area contributed by atoms with Gasteiger partial charge in [-0.3, -0.25) is 9.59 Å². The molecule has 0 spiro atoms. The fraction of sp³-hybridized carbons (Fsp3) is 0.333. The highest BCUT2D eigenvalue weighted by molar-refractivity contribution is 5.73. The van der Waals surface area contributed by atoms with Crippen molar-refractivity contribution in [2.45, 2.75) is 20.3 Å². The zero-order valence-corrected chi connectivity index (χ0v) is 11.8. The lowest BCUT2D eigenvalue weighted by molar-refractivity contribution is -0.139. The summed E-state index contributed by atoms with van der Waals surface area (Å²) in [6.45, 7) is 3.29. The maximum Gasteiger partial charge on any atom is 0.311 e. The van der Waals surface area contributed by atoms with Crippen LogP contribution < -0.4 is 9.47 Å². The summed E-state index contributed by atoms with van der Waals surface area (Å²) >= 11 is 0. The molecule has 0 saturated carbocycles. The normalized spacial score (nSPS) is 10.3. The van der Waals surface area contributed by atoms with Crippen LogP contribution in [0.1, 0.15) is 25.8 Å². The molecule has 1 aromatic rings. The van der Waals surface area contributed by atoms with Gasteiger partial charge in [0.1, 0.15) is 6.61 Å². The molecule has 0 radical (unpaired) electrons. The van der Waals surface area contributed by atoms with Gasteiger partial charge in [-0.15, -0.1) is 0 Å². The SMILES string of the molecule is CCC(=O)Oc1ccc(/C=C/COC(C)=O)cc1OC. The van der Waals surface area contributed by atoms with Crippen molar-refractivity contribution in [3.05, 3.63) is 29.8 Å². The Kier molecular flexibility index (Phi) is 6.29. The zero-order chi connectivity index (χ0) is 15.0. The smallest absolute Gasteiger partial charge is 0.311 e. The molecule has 0 N–H and O–H groups in total. The Morgan fingerprint density at radius 1 is 1.25 bits per heavy atom. The molecule has 1 rings (SSSR count). The molecule has 5 heteroatoms. The van der Waals surface area contributed by atoms with E-state index in [1.165, 1.54) is 14.0 Å². The van der Waals surface area contributed by atoms with Gasteiger partial charge in [0.15, 0.2) is 11.5 Å². The fourth-order valence-electron chi connectivity index (χ4n) is 1.42. The summed E-state index contributed by atoms with van der Waals surface area (Å²) in [5, 5.41) is 0. The highest BCUT2D eigenvalue weighted by Gasteiger charge is 2.08. The van der Waals surface area contributed by atoms with Crippen molar-refractivity contribution in [1.29, 1.82) is 0 Å². The molecular formula is C15H18O5. The Bertz CT molecular complexity index is 505. The molecule has 0 amide bonds. The number of methoxy groups -OCH3 is 1. The average Bonchev–Trinajstić information content (AvgIpc) is 2.44. The third-order valence-electron chi connectivity index (χ3n) is 2.39. The van der Waals surface area contributed by atoms with Crippen LogP contribution in [0, 0.1) is 0 Å². The maximum atomic E-state index is 11.3. The summed E-state index contributed by atoms with van der Waals surface area (Å²) in [6.07, 6.45) is 3.80. The van der Waals surface area contributed by atoms with E-state index in [1.54, 1.807) is 37.3 Å². The van der Waals surface area contributed by atoms with Gasteiger partial charge in [-0.1, -0.05) is 19.1 Å². The van der Waals surface area contributed by atoms with Gasteiger partial charge in [0.2, 0.25) is 0 Å². The summed E-state index contributed by atoms with van der Waals surface area (Å²) in [6, 6.07) is 5.19. The van der Waals surface area contributed by atoms with Crippen LogP contribution in [0.2, 0.25) is 0 Å². The summed E-state index contributed by atoms with van der Waals surface area (Å²) in [7, 11) is 1.50. The van der Waals surface area contributed by atoms with E-state index in [1.807, 2.05) is 0 Å². The third kappa shape index (κ3) is 5.14. The second-order valence-electron chi connectivity index (χ2n) is 3.94. The molecule has 1 aromatic carbocycles. The van der Waals surface area contributed by atoms with E-state index in [9.17, 15) is 9.59 Å². The lowest BCUT2D eigenvalue weighted by Crippen LogP contribution is -2.06. The van der Waals surface area contributed by atoms with Gasteiger partial charge in [0, 0.05) is 13.3 Å². The van der Waals surface area contributed by atoms with Crippen molar-refractivity contribution in [3.63, 3.8) is 0 Å². The maximum absolute atomic E-state index is 11.3. The number of esters is 2. The van der Waals surface area contributed by atoms with Crippen molar-refractivity contribution >= 4 is 18.0 Å². The zero-order valence-electron chi connectivity index (χ0n) is 11.8. The molecule has 0 aliphatic rings. The first-order valence-electron chi connectivity index (χ1n) is 6.25. The molecule has 108 valence electrons. The molecule has 0 atom stereocenters. The van der Waals surface area contributed by atoms with Crippen molar-refractivity contribution in [2.75, 3.05) is 13.7 Å². The fourth-order valence-corrected chi connectivity index (χ4v) is 1.42. The Labute approximate surface area is 118 Å². The molecule has 0 bridgehead atoms. The number of hydrogen-bond acceptors (Lipinski definition) is 5. The molecule has 0 aliphatic heterocycles.